The zero-order valence-electron chi connectivity index (χ0n) is 11.9. The zero-order chi connectivity index (χ0) is 15.0. The molecule has 112 valence electrons. The van der Waals surface area contributed by atoms with E-state index in [1.165, 1.54) is 4.31 Å². The molecule has 0 saturated heterocycles. The van der Waals surface area contributed by atoms with Crippen molar-refractivity contribution >= 4 is 20.9 Å². The lowest BCUT2D eigenvalue weighted by Crippen LogP contribution is -2.43. The molecule has 2 N–H and O–H groups in total. The van der Waals surface area contributed by atoms with Gasteiger partial charge in [0.15, 0.2) is 0 Å². The van der Waals surface area contributed by atoms with Crippen LogP contribution in [-0.2, 0) is 10.0 Å². The highest BCUT2D eigenvalue weighted by Crippen LogP contribution is 2.29. The van der Waals surface area contributed by atoms with Gasteiger partial charge in [-0.3, -0.25) is 4.98 Å². The monoisotopic (exact) mass is 305 g/mol. The number of nitrogens with zero attached hydrogens (tertiary/aromatic N) is 2. The van der Waals surface area contributed by atoms with Gasteiger partial charge in [-0.2, -0.15) is 0 Å². The van der Waals surface area contributed by atoms with Crippen molar-refractivity contribution in [1.29, 1.82) is 0 Å². The van der Waals surface area contributed by atoms with Crippen LogP contribution in [0.3, 0.4) is 0 Å². The molecule has 1 aliphatic carbocycles. The maximum absolute atomic E-state index is 12.8. The van der Waals surface area contributed by atoms with Crippen LogP contribution in [0.1, 0.15) is 12.8 Å². The molecule has 5 nitrogen and oxygen atoms in total. The van der Waals surface area contributed by atoms with Crippen LogP contribution in [0.2, 0.25) is 0 Å². The lowest BCUT2D eigenvalue weighted by Gasteiger charge is -2.35. The minimum Gasteiger partial charge on any atom is -0.328 e. The molecule has 1 fully saturated rings. The van der Waals surface area contributed by atoms with Gasteiger partial charge >= 0.3 is 0 Å². The fraction of sp³-hybridized carbons (Fsp3) is 0.400. The predicted octanol–water partition coefficient (Wildman–Crippen LogP) is 1.59. The average molecular weight is 305 g/mol. The Morgan fingerprint density at radius 1 is 1.29 bits per heavy atom. The van der Waals surface area contributed by atoms with Crippen LogP contribution in [0, 0.1) is 5.92 Å². The van der Waals surface area contributed by atoms with E-state index in [9.17, 15) is 8.42 Å². The number of aromatic nitrogens is 1. The first-order chi connectivity index (χ1) is 9.98. The molecule has 1 aromatic heterocycles. The topological polar surface area (TPSA) is 76.3 Å². The van der Waals surface area contributed by atoms with Gasteiger partial charge in [0.25, 0.3) is 0 Å². The van der Waals surface area contributed by atoms with E-state index in [0.29, 0.717) is 28.3 Å². The van der Waals surface area contributed by atoms with E-state index in [0.717, 1.165) is 12.8 Å². The number of nitrogens with two attached hydrogens (primary N) is 1. The van der Waals surface area contributed by atoms with Crippen molar-refractivity contribution < 1.29 is 8.42 Å². The van der Waals surface area contributed by atoms with Gasteiger partial charge in [-0.25, -0.2) is 12.7 Å². The largest absolute Gasteiger partial charge is 0.328 e. The number of benzene rings is 1. The normalized spacial score (nSPS) is 22.4. The Bertz CT molecular complexity index is 749. The Labute approximate surface area is 124 Å². The summed E-state index contributed by atoms with van der Waals surface area (Å²) in [6.07, 6.45) is 3.46. The molecular weight excluding hydrogens is 286 g/mol. The smallest absolute Gasteiger partial charge is 0.243 e. The molecule has 6 heteroatoms. The summed E-state index contributed by atoms with van der Waals surface area (Å²) in [6.45, 7) is 0.521. The van der Waals surface area contributed by atoms with Crippen molar-refractivity contribution in [3.8, 4) is 0 Å². The third-order valence-electron chi connectivity index (χ3n) is 4.08. The predicted molar refractivity (Wildman–Crippen MR) is 82.3 cm³/mol. The lowest BCUT2D eigenvalue weighted by molar-refractivity contribution is 0.227. The lowest BCUT2D eigenvalue weighted by atomic mass is 9.81. The van der Waals surface area contributed by atoms with Gasteiger partial charge in [0.2, 0.25) is 10.0 Å². The van der Waals surface area contributed by atoms with Gasteiger partial charge in [0.05, 0.1) is 10.4 Å². The van der Waals surface area contributed by atoms with E-state index in [1.807, 2.05) is 6.07 Å². The van der Waals surface area contributed by atoms with Crippen molar-refractivity contribution in [2.45, 2.75) is 23.8 Å². The molecule has 0 aliphatic heterocycles. The third-order valence-corrected chi connectivity index (χ3v) is 5.96. The summed E-state index contributed by atoms with van der Waals surface area (Å²) >= 11 is 0. The van der Waals surface area contributed by atoms with Gasteiger partial charge < -0.3 is 5.73 Å². The van der Waals surface area contributed by atoms with Gasteiger partial charge in [0, 0.05) is 31.2 Å². The van der Waals surface area contributed by atoms with E-state index in [2.05, 4.69) is 4.98 Å². The highest BCUT2D eigenvalue weighted by Gasteiger charge is 2.31. The summed E-state index contributed by atoms with van der Waals surface area (Å²) in [6, 6.07) is 8.97. The minimum atomic E-state index is -3.50. The Morgan fingerprint density at radius 3 is 2.76 bits per heavy atom. The molecule has 0 unspecified atom stereocenters. The molecule has 1 aliphatic rings. The standard InChI is InChI=1S/C15H19N3O2S/c1-18(10-11-8-12(16)9-11)21(19,20)15-6-2-5-14-13(15)4-3-7-17-14/h2-7,11-12H,8-10,16H2,1H3. The second-order valence-corrected chi connectivity index (χ2v) is 7.72. The second-order valence-electron chi connectivity index (χ2n) is 5.71. The number of sulfonamides is 1. The van der Waals surface area contributed by atoms with Crippen molar-refractivity contribution in [3.05, 3.63) is 36.5 Å². The molecular formula is C15H19N3O2S. The van der Waals surface area contributed by atoms with Crippen LogP contribution >= 0.6 is 0 Å². The van der Waals surface area contributed by atoms with Gasteiger partial charge in [0.1, 0.15) is 0 Å². The van der Waals surface area contributed by atoms with Crippen LogP contribution < -0.4 is 5.73 Å². The van der Waals surface area contributed by atoms with Crippen molar-refractivity contribution in [1.82, 2.24) is 9.29 Å². The summed E-state index contributed by atoms with van der Waals surface area (Å²) < 4.78 is 27.0. The maximum atomic E-state index is 12.8. The van der Waals surface area contributed by atoms with E-state index in [1.54, 1.807) is 37.5 Å². The fourth-order valence-corrected chi connectivity index (χ4v) is 4.31. The Morgan fingerprint density at radius 2 is 2.05 bits per heavy atom. The maximum Gasteiger partial charge on any atom is 0.243 e. The molecule has 0 spiro atoms. The number of pyridine rings is 1. The highest BCUT2D eigenvalue weighted by atomic mass is 32.2. The first-order valence-corrected chi connectivity index (χ1v) is 8.48. The molecule has 1 aromatic carbocycles. The number of rotatable bonds is 4. The molecule has 2 aromatic rings. The van der Waals surface area contributed by atoms with Crippen LogP contribution in [0.25, 0.3) is 10.9 Å². The van der Waals surface area contributed by atoms with Crippen molar-refractivity contribution in [2.75, 3.05) is 13.6 Å². The fourth-order valence-electron chi connectivity index (χ4n) is 2.87. The van der Waals surface area contributed by atoms with Crippen LogP contribution in [0.4, 0.5) is 0 Å². The number of hydrogen-bond donors (Lipinski definition) is 1. The minimum absolute atomic E-state index is 0.229. The summed E-state index contributed by atoms with van der Waals surface area (Å²) in [5.74, 6) is 0.368. The zero-order valence-corrected chi connectivity index (χ0v) is 12.8. The molecule has 0 atom stereocenters. The van der Waals surface area contributed by atoms with E-state index in [-0.39, 0.29) is 6.04 Å². The summed E-state index contributed by atoms with van der Waals surface area (Å²) in [5.41, 5.74) is 6.46. The van der Waals surface area contributed by atoms with Gasteiger partial charge in [-0.15, -0.1) is 0 Å². The van der Waals surface area contributed by atoms with E-state index in [4.69, 9.17) is 5.73 Å². The second kappa shape index (κ2) is 5.36. The Hall–Kier alpha value is -1.50. The molecule has 1 heterocycles. The van der Waals surface area contributed by atoms with Gasteiger partial charge in [-0.05, 0) is 43.0 Å². The summed E-state index contributed by atoms with van der Waals surface area (Å²) in [7, 11) is -1.87. The molecule has 3 rings (SSSR count). The van der Waals surface area contributed by atoms with Gasteiger partial charge in [-0.1, -0.05) is 6.07 Å². The third kappa shape index (κ3) is 2.66. The van der Waals surface area contributed by atoms with Crippen molar-refractivity contribution in [3.63, 3.8) is 0 Å². The SMILES string of the molecule is CN(CC1CC(N)C1)S(=O)(=O)c1cccc2ncccc12. The van der Waals surface area contributed by atoms with Crippen LogP contribution in [0.15, 0.2) is 41.4 Å². The quantitative estimate of drug-likeness (QED) is 0.930. The van der Waals surface area contributed by atoms with E-state index >= 15 is 0 Å². The highest BCUT2D eigenvalue weighted by molar-refractivity contribution is 7.89. The summed E-state index contributed by atoms with van der Waals surface area (Å²) in [4.78, 5) is 4.53. The van der Waals surface area contributed by atoms with Crippen LogP contribution in [0.5, 0.6) is 0 Å². The first-order valence-electron chi connectivity index (χ1n) is 7.04. The molecule has 0 bridgehead atoms. The first kappa shape index (κ1) is 14.4. The molecule has 21 heavy (non-hydrogen) atoms. The number of fused-ring (bicyclic) bond motifs is 1. The number of hydrogen-bond acceptors (Lipinski definition) is 4. The van der Waals surface area contributed by atoms with Crippen molar-refractivity contribution in [2.24, 2.45) is 11.7 Å². The summed E-state index contributed by atoms with van der Waals surface area (Å²) in [5, 5.41) is 0.664. The average Bonchev–Trinajstić information content (AvgIpc) is 2.44. The molecule has 1 saturated carbocycles. The Kier molecular flexibility index (Phi) is 3.69. The van der Waals surface area contributed by atoms with Crippen LogP contribution in [-0.4, -0.2) is 37.3 Å². The molecule has 0 radical (unpaired) electrons. The molecule has 0 amide bonds. The van der Waals surface area contributed by atoms with E-state index < -0.39 is 10.0 Å². The Balaban J connectivity index is 1.92.